The number of hydrogen-bond donors (Lipinski definition) is 1. The fourth-order valence-electron chi connectivity index (χ4n) is 1.96. The van der Waals surface area contributed by atoms with E-state index < -0.39 is 12.0 Å². The lowest BCUT2D eigenvalue weighted by Crippen LogP contribution is -2.35. The zero-order chi connectivity index (χ0) is 11.0. The van der Waals surface area contributed by atoms with E-state index in [-0.39, 0.29) is 0 Å². The van der Waals surface area contributed by atoms with Crippen molar-refractivity contribution < 1.29 is 14.6 Å². The number of carboxylic acid groups (broad SMARTS) is 1. The molecule has 1 heterocycles. The number of likely N-dealkylation sites (N-methyl/N-ethyl adjacent to an activating group) is 1. The summed E-state index contributed by atoms with van der Waals surface area (Å²) in [5, 5.41) is 9.01. The van der Waals surface area contributed by atoms with E-state index >= 15 is 0 Å². The molecule has 1 aromatic rings. The van der Waals surface area contributed by atoms with Crippen molar-refractivity contribution in [2.75, 3.05) is 19.1 Å². The molecule has 1 aliphatic rings. The molecule has 1 unspecified atom stereocenters. The maximum atomic E-state index is 11.0. The Labute approximate surface area is 88.1 Å². The number of methoxy groups -OCH3 is 1. The molecule has 4 nitrogen and oxygen atoms in total. The Morgan fingerprint density at radius 2 is 2.33 bits per heavy atom. The van der Waals surface area contributed by atoms with Crippen molar-refractivity contribution in [1.82, 2.24) is 0 Å². The molecule has 0 saturated carbocycles. The van der Waals surface area contributed by atoms with Gasteiger partial charge in [0, 0.05) is 19.2 Å². The summed E-state index contributed by atoms with van der Waals surface area (Å²) in [4.78, 5) is 12.8. The summed E-state index contributed by atoms with van der Waals surface area (Å²) in [5.74, 6) is -0.0131. The first-order chi connectivity index (χ1) is 7.13. The Bertz CT molecular complexity index is 403. The number of rotatable bonds is 2. The Morgan fingerprint density at radius 3 is 2.93 bits per heavy atom. The van der Waals surface area contributed by atoms with Crippen LogP contribution in [0.15, 0.2) is 18.2 Å². The summed E-state index contributed by atoms with van der Waals surface area (Å²) in [5.41, 5.74) is 2.01. The monoisotopic (exact) mass is 207 g/mol. The van der Waals surface area contributed by atoms with Crippen LogP contribution in [0.4, 0.5) is 5.69 Å². The quantitative estimate of drug-likeness (QED) is 0.790. The lowest BCUT2D eigenvalue weighted by molar-refractivity contribution is -0.138. The van der Waals surface area contributed by atoms with Crippen molar-refractivity contribution in [3.05, 3.63) is 23.8 Å². The summed E-state index contributed by atoms with van der Waals surface area (Å²) in [6.07, 6.45) is 0.540. The van der Waals surface area contributed by atoms with Gasteiger partial charge in [-0.1, -0.05) is 0 Å². The van der Waals surface area contributed by atoms with Crippen LogP contribution in [0.1, 0.15) is 5.56 Å². The summed E-state index contributed by atoms with van der Waals surface area (Å²) in [7, 11) is 3.41. The normalized spacial score (nSPS) is 18.8. The van der Waals surface area contributed by atoms with E-state index in [0.29, 0.717) is 6.42 Å². The molecule has 1 atom stereocenters. The van der Waals surface area contributed by atoms with Crippen LogP contribution in [0.3, 0.4) is 0 Å². The molecule has 0 amide bonds. The van der Waals surface area contributed by atoms with Gasteiger partial charge in [0.05, 0.1) is 7.11 Å². The minimum atomic E-state index is -0.785. The molecule has 0 aromatic heterocycles. The number of carboxylic acids is 1. The Morgan fingerprint density at radius 1 is 1.60 bits per heavy atom. The molecule has 1 aromatic carbocycles. The van der Waals surface area contributed by atoms with E-state index in [0.717, 1.165) is 17.0 Å². The molecular weight excluding hydrogens is 194 g/mol. The SMILES string of the molecule is COc1ccc2c(c1)CC(C(=O)O)N2C. The molecule has 0 bridgehead atoms. The molecule has 1 N–H and O–H groups in total. The highest BCUT2D eigenvalue weighted by Gasteiger charge is 2.31. The minimum Gasteiger partial charge on any atom is -0.497 e. The molecule has 0 aliphatic carbocycles. The number of aliphatic carboxylic acids is 1. The first-order valence-corrected chi connectivity index (χ1v) is 4.76. The average molecular weight is 207 g/mol. The van der Waals surface area contributed by atoms with E-state index in [1.807, 2.05) is 18.2 Å². The van der Waals surface area contributed by atoms with E-state index in [4.69, 9.17) is 9.84 Å². The topological polar surface area (TPSA) is 49.8 Å². The van der Waals surface area contributed by atoms with Crippen LogP contribution in [0.2, 0.25) is 0 Å². The average Bonchev–Trinajstić information content (AvgIpc) is 2.55. The molecular formula is C11H13NO3. The van der Waals surface area contributed by atoms with Crippen LogP contribution >= 0.6 is 0 Å². The van der Waals surface area contributed by atoms with Gasteiger partial charge in [-0.2, -0.15) is 0 Å². The molecule has 80 valence electrons. The van der Waals surface area contributed by atoms with Gasteiger partial charge in [-0.05, 0) is 23.8 Å². The van der Waals surface area contributed by atoms with Gasteiger partial charge in [-0.3, -0.25) is 0 Å². The van der Waals surface area contributed by atoms with Crippen LogP contribution in [0.25, 0.3) is 0 Å². The second-order valence-corrected chi connectivity index (χ2v) is 3.66. The Hall–Kier alpha value is -1.71. The number of nitrogens with zero attached hydrogens (tertiary/aromatic N) is 1. The molecule has 2 rings (SSSR count). The van der Waals surface area contributed by atoms with E-state index in [1.165, 1.54) is 0 Å². The fourth-order valence-corrected chi connectivity index (χ4v) is 1.96. The number of hydrogen-bond acceptors (Lipinski definition) is 3. The largest absolute Gasteiger partial charge is 0.497 e. The summed E-state index contributed by atoms with van der Waals surface area (Å²) in [6, 6.07) is 5.19. The first kappa shape index (κ1) is 9.83. The zero-order valence-corrected chi connectivity index (χ0v) is 8.73. The summed E-state index contributed by atoms with van der Waals surface area (Å²) < 4.78 is 5.10. The number of fused-ring (bicyclic) bond motifs is 1. The first-order valence-electron chi connectivity index (χ1n) is 4.76. The highest BCUT2D eigenvalue weighted by molar-refractivity contribution is 5.82. The predicted octanol–water partition coefficient (Wildman–Crippen LogP) is 1.14. The molecule has 4 heteroatoms. The third-order valence-electron chi connectivity index (χ3n) is 2.83. The van der Waals surface area contributed by atoms with Crippen LogP contribution in [0.5, 0.6) is 5.75 Å². The van der Waals surface area contributed by atoms with Gasteiger partial charge in [0.1, 0.15) is 11.8 Å². The third-order valence-corrected chi connectivity index (χ3v) is 2.83. The number of anilines is 1. The number of benzene rings is 1. The van der Waals surface area contributed by atoms with E-state index in [1.54, 1.807) is 19.1 Å². The second-order valence-electron chi connectivity index (χ2n) is 3.66. The van der Waals surface area contributed by atoms with Gasteiger partial charge in [-0.15, -0.1) is 0 Å². The predicted molar refractivity (Wildman–Crippen MR) is 56.5 cm³/mol. The van der Waals surface area contributed by atoms with Crippen LogP contribution in [-0.4, -0.2) is 31.3 Å². The van der Waals surface area contributed by atoms with E-state index in [9.17, 15) is 4.79 Å². The standard InChI is InChI=1S/C11H13NO3/c1-12-9-4-3-8(15-2)5-7(9)6-10(12)11(13)14/h3-5,10H,6H2,1-2H3,(H,13,14). The van der Waals surface area contributed by atoms with Gasteiger partial charge < -0.3 is 14.7 Å². The smallest absolute Gasteiger partial charge is 0.326 e. The van der Waals surface area contributed by atoms with Gasteiger partial charge in [0.15, 0.2) is 0 Å². The summed E-state index contributed by atoms with van der Waals surface area (Å²) >= 11 is 0. The fraction of sp³-hybridized carbons (Fsp3) is 0.364. The van der Waals surface area contributed by atoms with Crippen LogP contribution < -0.4 is 9.64 Å². The molecule has 0 fully saturated rings. The van der Waals surface area contributed by atoms with Gasteiger partial charge in [0.2, 0.25) is 0 Å². The summed E-state index contributed by atoms with van der Waals surface area (Å²) in [6.45, 7) is 0. The number of carbonyl (C=O) groups is 1. The van der Waals surface area contributed by atoms with Gasteiger partial charge in [-0.25, -0.2) is 4.79 Å². The molecule has 0 spiro atoms. The lowest BCUT2D eigenvalue weighted by Gasteiger charge is -2.18. The van der Waals surface area contributed by atoms with Crippen LogP contribution in [-0.2, 0) is 11.2 Å². The van der Waals surface area contributed by atoms with Crippen molar-refractivity contribution in [3.8, 4) is 5.75 Å². The maximum absolute atomic E-state index is 11.0. The van der Waals surface area contributed by atoms with Crippen molar-refractivity contribution in [2.45, 2.75) is 12.5 Å². The molecule has 15 heavy (non-hydrogen) atoms. The van der Waals surface area contributed by atoms with Gasteiger partial charge in [0.25, 0.3) is 0 Å². The Kier molecular flexibility index (Phi) is 2.26. The second kappa shape index (κ2) is 3.46. The van der Waals surface area contributed by atoms with E-state index in [2.05, 4.69) is 0 Å². The van der Waals surface area contributed by atoms with Crippen LogP contribution in [0, 0.1) is 0 Å². The van der Waals surface area contributed by atoms with Crippen molar-refractivity contribution >= 4 is 11.7 Å². The lowest BCUT2D eigenvalue weighted by atomic mass is 10.1. The molecule has 0 radical (unpaired) electrons. The van der Waals surface area contributed by atoms with Gasteiger partial charge >= 0.3 is 5.97 Å². The minimum absolute atomic E-state index is 0.452. The maximum Gasteiger partial charge on any atom is 0.326 e. The highest BCUT2D eigenvalue weighted by Crippen LogP contribution is 2.33. The molecule has 1 aliphatic heterocycles. The van der Waals surface area contributed by atoms with Crippen molar-refractivity contribution in [3.63, 3.8) is 0 Å². The number of ether oxygens (including phenoxy) is 1. The molecule has 0 saturated heterocycles. The van der Waals surface area contributed by atoms with Crippen molar-refractivity contribution in [2.24, 2.45) is 0 Å². The third kappa shape index (κ3) is 1.52. The van der Waals surface area contributed by atoms with Crippen molar-refractivity contribution in [1.29, 1.82) is 0 Å². The Balaban J connectivity index is 2.36. The zero-order valence-electron chi connectivity index (χ0n) is 8.73. The highest BCUT2D eigenvalue weighted by atomic mass is 16.5.